The molecule has 4 aliphatic carbocycles. The van der Waals surface area contributed by atoms with E-state index in [2.05, 4.69) is 254 Å². The molecule has 4 aliphatic rings. The molecule has 0 atom stereocenters. The lowest BCUT2D eigenvalue weighted by Gasteiger charge is -2.33. The molecule has 0 unspecified atom stereocenters. The maximum Gasteiger partial charge on any atom is 0.0722 e. The third kappa shape index (κ3) is 5.89. The molecule has 1 spiro atoms. The zero-order valence-electron chi connectivity index (χ0n) is 39.9. The Bertz CT molecular complexity index is 4150. The smallest absolute Gasteiger partial charge is 0.0722 e. The molecule has 338 valence electrons. The van der Waals surface area contributed by atoms with Gasteiger partial charge in [0.25, 0.3) is 0 Å². The van der Waals surface area contributed by atoms with Gasteiger partial charge in [-0.25, -0.2) is 0 Å². The van der Waals surface area contributed by atoms with Gasteiger partial charge in [0.15, 0.2) is 0 Å². The van der Waals surface area contributed by atoms with Gasteiger partial charge in [0.1, 0.15) is 0 Å². The highest BCUT2D eigenvalue weighted by atomic mass is 15.1. The van der Waals surface area contributed by atoms with E-state index in [0.29, 0.717) is 0 Å². The van der Waals surface area contributed by atoms with Crippen molar-refractivity contribution in [2.75, 3.05) is 4.90 Å². The van der Waals surface area contributed by atoms with E-state index in [4.69, 9.17) is 0 Å². The molecular formula is C71H49N. The fourth-order valence-electron chi connectivity index (χ4n) is 13.4. The van der Waals surface area contributed by atoms with Crippen LogP contribution in [0.4, 0.5) is 17.1 Å². The van der Waals surface area contributed by atoms with Crippen LogP contribution in [-0.4, -0.2) is 0 Å². The molecule has 11 aromatic rings. The van der Waals surface area contributed by atoms with E-state index >= 15 is 0 Å². The number of hydrogen-bond acceptors (Lipinski definition) is 1. The third-order valence-electron chi connectivity index (χ3n) is 16.3. The van der Waals surface area contributed by atoms with E-state index in [9.17, 15) is 0 Å². The molecule has 0 amide bonds. The second kappa shape index (κ2) is 16.1. The van der Waals surface area contributed by atoms with Crippen LogP contribution in [0.25, 0.3) is 87.6 Å². The van der Waals surface area contributed by atoms with Crippen LogP contribution in [-0.2, 0) is 5.41 Å². The lowest BCUT2D eigenvalue weighted by atomic mass is 9.69. The summed E-state index contributed by atoms with van der Waals surface area (Å²) in [5.41, 5.74) is 21.6. The molecule has 0 bridgehead atoms. The minimum Gasteiger partial charge on any atom is -0.310 e. The molecule has 1 nitrogen and oxygen atoms in total. The van der Waals surface area contributed by atoms with Crippen LogP contribution in [0, 0.1) is 0 Å². The van der Waals surface area contributed by atoms with Crippen LogP contribution >= 0.6 is 0 Å². The number of benzene rings is 11. The number of anilines is 3. The van der Waals surface area contributed by atoms with Gasteiger partial charge in [-0.15, -0.1) is 0 Å². The van der Waals surface area contributed by atoms with E-state index in [0.717, 1.165) is 42.7 Å². The SMILES string of the molecule is C1=CC(c2cc(-c3ccccc3)c3c4ccccc4c4cc(N(c5ccc6c(c5)C5(C7=C6CCC=C7)c6ccccc6-c6ccccc65)c5cccc6ccccc56)ccc4c3c2-c2ccccc2)=CCC1. The molecule has 0 saturated carbocycles. The second-order valence-electron chi connectivity index (χ2n) is 20.0. The molecule has 0 aromatic heterocycles. The summed E-state index contributed by atoms with van der Waals surface area (Å²) < 4.78 is 0. The predicted molar refractivity (Wildman–Crippen MR) is 305 cm³/mol. The summed E-state index contributed by atoms with van der Waals surface area (Å²) in [4.78, 5) is 2.55. The van der Waals surface area contributed by atoms with Crippen molar-refractivity contribution >= 4 is 71.3 Å². The van der Waals surface area contributed by atoms with Crippen molar-refractivity contribution in [1.29, 1.82) is 0 Å². The van der Waals surface area contributed by atoms with Crippen molar-refractivity contribution in [3.05, 3.63) is 282 Å². The van der Waals surface area contributed by atoms with Gasteiger partial charge in [0.05, 0.1) is 11.1 Å². The maximum absolute atomic E-state index is 2.56. The van der Waals surface area contributed by atoms with Crippen molar-refractivity contribution in [3.8, 4) is 33.4 Å². The number of rotatable bonds is 6. The molecule has 0 radical (unpaired) electrons. The highest BCUT2D eigenvalue weighted by molar-refractivity contribution is 6.33. The van der Waals surface area contributed by atoms with Gasteiger partial charge in [-0.1, -0.05) is 212 Å². The lowest BCUT2D eigenvalue weighted by molar-refractivity contribution is 0.780. The Balaban J connectivity index is 1.05. The molecule has 0 saturated heterocycles. The molecule has 0 fully saturated rings. The normalized spacial score (nSPS) is 15.0. The third-order valence-corrected chi connectivity index (χ3v) is 16.3. The van der Waals surface area contributed by atoms with Crippen LogP contribution in [0.2, 0.25) is 0 Å². The highest BCUT2D eigenvalue weighted by Crippen LogP contribution is 2.64. The number of fused-ring (bicyclic) bond motifs is 16. The van der Waals surface area contributed by atoms with Crippen molar-refractivity contribution in [1.82, 2.24) is 0 Å². The Hall–Kier alpha value is -8.78. The summed E-state index contributed by atoms with van der Waals surface area (Å²) in [7, 11) is 0. The molecule has 0 aliphatic heterocycles. The Morgan fingerprint density at radius 3 is 1.79 bits per heavy atom. The van der Waals surface area contributed by atoms with Gasteiger partial charge in [-0.05, 0) is 178 Å². The minimum absolute atomic E-state index is 0.418. The van der Waals surface area contributed by atoms with Gasteiger partial charge >= 0.3 is 0 Å². The fourth-order valence-corrected chi connectivity index (χ4v) is 13.4. The van der Waals surface area contributed by atoms with Crippen molar-refractivity contribution in [2.45, 2.75) is 31.1 Å². The molecule has 0 heterocycles. The highest BCUT2D eigenvalue weighted by Gasteiger charge is 2.52. The molecular weight excluding hydrogens is 867 g/mol. The quantitative estimate of drug-likeness (QED) is 0.150. The topological polar surface area (TPSA) is 3.24 Å². The first-order valence-electron chi connectivity index (χ1n) is 25.7. The number of hydrogen-bond donors (Lipinski definition) is 0. The van der Waals surface area contributed by atoms with Crippen molar-refractivity contribution in [2.24, 2.45) is 0 Å². The summed E-state index contributed by atoms with van der Waals surface area (Å²) in [6.45, 7) is 0. The largest absolute Gasteiger partial charge is 0.310 e. The van der Waals surface area contributed by atoms with E-state index in [-0.39, 0.29) is 0 Å². The summed E-state index contributed by atoms with van der Waals surface area (Å²) in [6, 6.07) is 82.5. The van der Waals surface area contributed by atoms with Gasteiger partial charge in [0.2, 0.25) is 0 Å². The molecule has 11 aromatic carbocycles. The molecule has 0 N–H and O–H groups in total. The minimum atomic E-state index is -0.418. The number of nitrogens with zero attached hydrogens (tertiary/aromatic N) is 1. The van der Waals surface area contributed by atoms with E-state index in [1.807, 2.05) is 0 Å². The first-order valence-corrected chi connectivity index (χ1v) is 25.7. The summed E-state index contributed by atoms with van der Waals surface area (Å²) in [5.74, 6) is 0. The van der Waals surface area contributed by atoms with Crippen LogP contribution in [0.3, 0.4) is 0 Å². The molecule has 15 rings (SSSR count). The Morgan fingerprint density at radius 1 is 0.375 bits per heavy atom. The monoisotopic (exact) mass is 915 g/mol. The van der Waals surface area contributed by atoms with E-state index in [1.54, 1.807) is 0 Å². The van der Waals surface area contributed by atoms with Crippen LogP contribution in [0.5, 0.6) is 0 Å². The maximum atomic E-state index is 2.56. The summed E-state index contributed by atoms with van der Waals surface area (Å²) >= 11 is 0. The number of allylic oxidation sites excluding steroid dienone is 8. The van der Waals surface area contributed by atoms with E-state index < -0.39 is 5.41 Å². The van der Waals surface area contributed by atoms with Crippen molar-refractivity contribution < 1.29 is 0 Å². The van der Waals surface area contributed by atoms with Gasteiger partial charge in [0, 0.05) is 16.8 Å². The first kappa shape index (κ1) is 41.0. The van der Waals surface area contributed by atoms with Crippen molar-refractivity contribution in [3.63, 3.8) is 0 Å². The van der Waals surface area contributed by atoms with E-state index in [1.165, 1.54) is 121 Å². The molecule has 1 heteroatoms. The standard InChI is InChI=1S/C71H49N/c1-4-21-47(22-5-1)60-45-61(48-23-6-2-7-24-48)69-58-34-13-12-30-53(58)62-43-50(40-42-59(62)70(69)68(60)49-26-8-3-9-27-49)72(67-38-20-28-46-25-10-11-29-52(46)67)51-39-41-57-56-33-16-19-37-65(56)71(66(57)44-51)63-35-17-14-31-54(63)55-32-15-18-36-64(55)71/h2-4,6-15,17-32,34-45H,1,5,16,33H2. The Kier molecular flexibility index (Phi) is 9.20. The lowest BCUT2D eigenvalue weighted by Crippen LogP contribution is -2.27. The van der Waals surface area contributed by atoms with Gasteiger partial charge < -0.3 is 4.90 Å². The predicted octanol–water partition coefficient (Wildman–Crippen LogP) is 19.3. The second-order valence-corrected chi connectivity index (χ2v) is 20.0. The first-order chi connectivity index (χ1) is 35.8. The van der Waals surface area contributed by atoms with Gasteiger partial charge in [-0.3, -0.25) is 0 Å². The molecule has 72 heavy (non-hydrogen) atoms. The summed E-state index contributed by atoms with van der Waals surface area (Å²) in [6.07, 6.45) is 16.2. The fraction of sp³-hybridized carbons (Fsp3) is 0.0704. The zero-order chi connectivity index (χ0) is 47.3. The van der Waals surface area contributed by atoms with Gasteiger partial charge in [-0.2, -0.15) is 0 Å². The summed E-state index contributed by atoms with van der Waals surface area (Å²) in [5, 5.41) is 10.0. The average molecular weight is 916 g/mol. The zero-order valence-corrected chi connectivity index (χ0v) is 39.9. The van der Waals surface area contributed by atoms with Crippen LogP contribution in [0.15, 0.2) is 254 Å². The Morgan fingerprint density at radius 2 is 1.01 bits per heavy atom. The average Bonchev–Trinajstić information content (AvgIpc) is 3.92. The Labute approximate surface area is 420 Å². The van der Waals surface area contributed by atoms with Crippen LogP contribution < -0.4 is 4.90 Å². The van der Waals surface area contributed by atoms with Crippen LogP contribution in [0.1, 0.15) is 53.5 Å².